The van der Waals surface area contributed by atoms with Gasteiger partial charge in [-0.15, -0.1) is 11.3 Å². The first-order valence-electron chi connectivity index (χ1n) is 4.48. The Morgan fingerprint density at radius 1 is 1.71 bits per heavy atom. The molecule has 2 rings (SSSR count). The predicted molar refractivity (Wildman–Crippen MR) is 52.0 cm³/mol. The summed E-state index contributed by atoms with van der Waals surface area (Å²) in [5.74, 6) is -0.594. The maximum Gasteiger partial charge on any atom is 0.163 e. The van der Waals surface area contributed by atoms with Crippen LogP contribution in [0, 0.1) is 0 Å². The van der Waals surface area contributed by atoms with Crippen molar-refractivity contribution in [1.82, 2.24) is 4.98 Å². The summed E-state index contributed by atoms with van der Waals surface area (Å²) >= 11 is 1.42. The highest BCUT2D eigenvalue weighted by Crippen LogP contribution is 2.31. The molecule has 1 N–H and O–H groups in total. The number of rotatable bonds is 2. The van der Waals surface area contributed by atoms with Gasteiger partial charge in [-0.1, -0.05) is 0 Å². The number of hydrogen-bond donors (Lipinski definition) is 1. The molecule has 5 heteroatoms. The van der Waals surface area contributed by atoms with E-state index in [2.05, 4.69) is 4.98 Å². The van der Waals surface area contributed by atoms with Crippen LogP contribution in [0.15, 0.2) is 11.6 Å². The number of aromatic nitrogens is 1. The van der Waals surface area contributed by atoms with Crippen LogP contribution in [-0.4, -0.2) is 28.6 Å². The summed E-state index contributed by atoms with van der Waals surface area (Å²) in [7, 11) is 0. The van der Waals surface area contributed by atoms with Gasteiger partial charge in [0.25, 0.3) is 0 Å². The van der Waals surface area contributed by atoms with Crippen LogP contribution in [0.2, 0.25) is 0 Å². The van der Waals surface area contributed by atoms with Crippen LogP contribution in [0.5, 0.6) is 0 Å². The molecule has 2 heterocycles. The fourth-order valence-corrected chi connectivity index (χ4v) is 2.08. The normalized spacial score (nSPS) is 27.8. The summed E-state index contributed by atoms with van der Waals surface area (Å²) in [4.78, 5) is 4.04. The third-order valence-electron chi connectivity index (χ3n) is 2.09. The summed E-state index contributed by atoms with van der Waals surface area (Å²) < 4.78 is 10.9. The maximum absolute atomic E-state index is 9.88. The lowest BCUT2D eigenvalue weighted by Gasteiger charge is -2.19. The zero-order valence-electron chi connectivity index (χ0n) is 8.14. The average Bonchev–Trinajstić information content (AvgIpc) is 2.72. The van der Waals surface area contributed by atoms with Crippen molar-refractivity contribution in [2.45, 2.75) is 31.8 Å². The van der Waals surface area contributed by atoms with Gasteiger partial charge in [-0.3, -0.25) is 0 Å². The first-order chi connectivity index (χ1) is 6.58. The molecule has 1 aliphatic heterocycles. The summed E-state index contributed by atoms with van der Waals surface area (Å²) in [5, 5.41) is 12.4. The number of nitrogens with zero attached hydrogens (tertiary/aromatic N) is 1. The highest BCUT2D eigenvalue weighted by atomic mass is 32.1. The van der Waals surface area contributed by atoms with E-state index < -0.39 is 11.9 Å². The van der Waals surface area contributed by atoms with E-state index in [0.29, 0.717) is 11.6 Å². The monoisotopic (exact) mass is 215 g/mol. The van der Waals surface area contributed by atoms with Gasteiger partial charge >= 0.3 is 0 Å². The van der Waals surface area contributed by atoms with Crippen molar-refractivity contribution in [2.75, 3.05) is 6.61 Å². The van der Waals surface area contributed by atoms with E-state index in [4.69, 9.17) is 9.47 Å². The average molecular weight is 215 g/mol. The van der Waals surface area contributed by atoms with Crippen molar-refractivity contribution in [3.05, 3.63) is 16.6 Å². The Balaban J connectivity index is 2.04. The van der Waals surface area contributed by atoms with Gasteiger partial charge in [-0.2, -0.15) is 0 Å². The fraction of sp³-hybridized carbons (Fsp3) is 0.667. The van der Waals surface area contributed by atoms with E-state index in [-0.39, 0.29) is 6.10 Å². The Morgan fingerprint density at radius 3 is 3.00 bits per heavy atom. The van der Waals surface area contributed by atoms with Crippen LogP contribution in [0.4, 0.5) is 0 Å². The van der Waals surface area contributed by atoms with Crippen LogP contribution in [-0.2, 0) is 9.47 Å². The zero-order chi connectivity index (χ0) is 10.2. The van der Waals surface area contributed by atoms with E-state index in [1.54, 1.807) is 6.20 Å². The lowest BCUT2D eigenvalue weighted by molar-refractivity contribution is -0.151. The number of aliphatic hydroxyl groups excluding tert-OH is 1. The first kappa shape index (κ1) is 10.0. The minimum Gasteiger partial charge on any atom is -0.383 e. The van der Waals surface area contributed by atoms with E-state index >= 15 is 0 Å². The van der Waals surface area contributed by atoms with Crippen LogP contribution >= 0.6 is 11.3 Å². The van der Waals surface area contributed by atoms with E-state index in [1.807, 2.05) is 19.2 Å². The van der Waals surface area contributed by atoms with Gasteiger partial charge in [0.2, 0.25) is 0 Å². The lowest BCUT2D eigenvalue weighted by Crippen LogP contribution is -2.25. The Hall–Kier alpha value is -0.490. The molecule has 0 amide bonds. The second kappa shape index (κ2) is 3.58. The summed E-state index contributed by atoms with van der Waals surface area (Å²) in [6, 6.07) is 0. The van der Waals surface area contributed by atoms with Gasteiger partial charge in [-0.05, 0) is 13.8 Å². The molecule has 1 saturated heterocycles. The van der Waals surface area contributed by atoms with Gasteiger partial charge < -0.3 is 14.6 Å². The Labute approximate surface area is 86.5 Å². The first-order valence-corrected chi connectivity index (χ1v) is 5.36. The molecule has 0 radical (unpaired) electrons. The molecule has 14 heavy (non-hydrogen) atoms. The molecule has 0 spiro atoms. The maximum atomic E-state index is 9.88. The highest BCUT2D eigenvalue weighted by molar-refractivity contribution is 7.09. The second-order valence-corrected chi connectivity index (χ2v) is 4.61. The summed E-state index contributed by atoms with van der Waals surface area (Å²) in [6.07, 6.45) is 0.678. The van der Waals surface area contributed by atoms with E-state index in [9.17, 15) is 5.11 Å². The van der Waals surface area contributed by atoms with Gasteiger partial charge in [0, 0.05) is 11.6 Å². The third-order valence-corrected chi connectivity index (χ3v) is 2.93. The van der Waals surface area contributed by atoms with Crippen LogP contribution in [0.3, 0.4) is 0 Å². The molecule has 1 aromatic heterocycles. The molecular weight excluding hydrogens is 202 g/mol. The quantitative estimate of drug-likeness (QED) is 0.808. The number of thiazole rings is 1. The minimum atomic E-state index is -0.684. The van der Waals surface area contributed by atoms with Gasteiger partial charge in [0.05, 0.1) is 6.61 Å². The SMILES string of the molecule is CC1(C)OC[C@H]([C@@H](O)c2nccs2)O1. The molecule has 1 fully saturated rings. The molecule has 0 saturated carbocycles. The number of aliphatic hydroxyl groups is 1. The predicted octanol–water partition coefficient (Wildman–Crippen LogP) is 1.33. The standard InChI is InChI=1S/C9H13NO3S/c1-9(2)12-5-6(13-9)7(11)8-10-3-4-14-8/h3-4,6-7,11H,5H2,1-2H3/t6-,7-/m1/s1. The molecule has 1 aromatic rings. The van der Waals surface area contributed by atoms with Crippen molar-refractivity contribution in [3.63, 3.8) is 0 Å². The molecule has 0 aliphatic carbocycles. The molecule has 1 aliphatic rings. The largest absolute Gasteiger partial charge is 0.383 e. The number of ether oxygens (including phenoxy) is 2. The Kier molecular flexibility index (Phi) is 2.57. The van der Waals surface area contributed by atoms with E-state index in [0.717, 1.165) is 0 Å². The van der Waals surface area contributed by atoms with Crippen molar-refractivity contribution in [3.8, 4) is 0 Å². The van der Waals surface area contributed by atoms with Crippen LogP contribution in [0.1, 0.15) is 25.0 Å². The molecule has 0 unspecified atom stereocenters. The van der Waals surface area contributed by atoms with Crippen molar-refractivity contribution >= 4 is 11.3 Å². The van der Waals surface area contributed by atoms with Crippen molar-refractivity contribution in [2.24, 2.45) is 0 Å². The molecule has 2 atom stereocenters. The fourth-order valence-electron chi connectivity index (χ4n) is 1.41. The van der Waals surface area contributed by atoms with Gasteiger partial charge in [0.15, 0.2) is 5.79 Å². The van der Waals surface area contributed by atoms with Gasteiger partial charge in [-0.25, -0.2) is 4.98 Å². The zero-order valence-corrected chi connectivity index (χ0v) is 8.95. The van der Waals surface area contributed by atoms with E-state index in [1.165, 1.54) is 11.3 Å². The van der Waals surface area contributed by atoms with Crippen LogP contribution < -0.4 is 0 Å². The summed E-state index contributed by atoms with van der Waals surface area (Å²) in [6.45, 7) is 4.08. The topological polar surface area (TPSA) is 51.6 Å². The molecule has 78 valence electrons. The molecule has 4 nitrogen and oxygen atoms in total. The molecule has 0 aromatic carbocycles. The number of hydrogen-bond acceptors (Lipinski definition) is 5. The minimum absolute atomic E-state index is 0.309. The second-order valence-electron chi connectivity index (χ2n) is 3.68. The Bertz CT molecular complexity index is 299. The smallest absolute Gasteiger partial charge is 0.163 e. The molecule has 0 bridgehead atoms. The highest BCUT2D eigenvalue weighted by Gasteiger charge is 2.38. The Morgan fingerprint density at radius 2 is 2.50 bits per heavy atom. The van der Waals surface area contributed by atoms with Crippen molar-refractivity contribution in [1.29, 1.82) is 0 Å². The molecular formula is C9H13NO3S. The third kappa shape index (κ3) is 1.95. The summed E-state index contributed by atoms with van der Waals surface area (Å²) in [5.41, 5.74) is 0. The lowest BCUT2D eigenvalue weighted by atomic mass is 10.2. The van der Waals surface area contributed by atoms with Crippen LogP contribution in [0.25, 0.3) is 0 Å². The van der Waals surface area contributed by atoms with Crippen molar-refractivity contribution < 1.29 is 14.6 Å². The van der Waals surface area contributed by atoms with Gasteiger partial charge in [0.1, 0.15) is 17.2 Å².